The largest absolute Gasteiger partial charge is 0.306 e. The molecule has 2 rings (SSSR count). The number of nitrogens with one attached hydrogen (secondary N) is 1. The van der Waals surface area contributed by atoms with E-state index in [1.807, 2.05) is 31.2 Å². The van der Waals surface area contributed by atoms with Crippen LogP contribution in [0.1, 0.15) is 29.7 Å². The molecule has 0 spiro atoms. The second kappa shape index (κ2) is 6.30. The van der Waals surface area contributed by atoms with Crippen LogP contribution in [0.4, 0.5) is 5.69 Å². The number of nitrogens with zero attached hydrogens (tertiary/aromatic N) is 1. The number of hydrogen-bond donors (Lipinski definition) is 1. The zero-order chi connectivity index (χ0) is 14.5. The molecule has 2 aromatic rings. The second-order valence-electron chi connectivity index (χ2n) is 4.89. The van der Waals surface area contributed by atoms with E-state index in [1.54, 1.807) is 19.1 Å². The molecule has 0 radical (unpaired) electrons. The van der Waals surface area contributed by atoms with Crippen LogP contribution in [0.2, 0.25) is 0 Å². The van der Waals surface area contributed by atoms with Crippen molar-refractivity contribution < 1.29 is 4.92 Å². The summed E-state index contributed by atoms with van der Waals surface area (Å²) >= 11 is 0. The van der Waals surface area contributed by atoms with Crippen molar-refractivity contribution in [2.45, 2.75) is 26.4 Å². The summed E-state index contributed by atoms with van der Waals surface area (Å²) in [6.45, 7) is 4.50. The van der Waals surface area contributed by atoms with E-state index in [4.69, 9.17) is 0 Å². The minimum Gasteiger partial charge on any atom is -0.306 e. The molecule has 4 heteroatoms. The maximum absolute atomic E-state index is 11.0. The highest BCUT2D eigenvalue weighted by Gasteiger charge is 2.14. The van der Waals surface area contributed by atoms with Crippen LogP contribution >= 0.6 is 0 Å². The Bertz CT molecular complexity index is 597. The van der Waals surface area contributed by atoms with Crippen molar-refractivity contribution in [2.75, 3.05) is 0 Å². The molecular weight excluding hydrogens is 252 g/mol. The van der Waals surface area contributed by atoms with E-state index in [0.29, 0.717) is 5.56 Å². The monoisotopic (exact) mass is 270 g/mol. The molecule has 1 N–H and O–H groups in total. The highest BCUT2D eigenvalue weighted by atomic mass is 16.6. The first-order valence-electron chi connectivity index (χ1n) is 6.60. The minimum atomic E-state index is -0.331. The summed E-state index contributed by atoms with van der Waals surface area (Å²) in [5.74, 6) is 0. The average Bonchev–Trinajstić information content (AvgIpc) is 2.46. The Hall–Kier alpha value is -2.20. The third-order valence-corrected chi connectivity index (χ3v) is 3.39. The third-order valence-electron chi connectivity index (χ3n) is 3.39. The molecule has 0 fully saturated rings. The molecule has 4 nitrogen and oxygen atoms in total. The molecule has 104 valence electrons. The molecule has 0 amide bonds. The van der Waals surface area contributed by atoms with Gasteiger partial charge >= 0.3 is 0 Å². The maximum Gasteiger partial charge on any atom is 0.272 e. The van der Waals surface area contributed by atoms with E-state index in [1.165, 1.54) is 5.56 Å². The number of nitro benzene ring substituents is 1. The Balaban J connectivity index is 2.07. The van der Waals surface area contributed by atoms with Crippen molar-refractivity contribution >= 4 is 5.69 Å². The first-order valence-corrected chi connectivity index (χ1v) is 6.60. The molecular formula is C16H18N2O2. The van der Waals surface area contributed by atoms with Gasteiger partial charge in [-0.15, -0.1) is 0 Å². The second-order valence-corrected chi connectivity index (χ2v) is 4.89. The standard InChI is InChI=1S/C16H18N2O2/c1-12-8-9-15(10-16(12)18(19)20)13(2)17-11-14-6-4-3-5-7-14/h3-10,13,17H,11H2,1-2H3/t13-/m1/s1. The molecule has 0 aliphatic rings. The van der Waals surface area contributed by atoms with Crippen molar-refractivity contribution in [1.29, 1.82) is 0 Å². The molecule has 20 heavy (non-hydrogen) atoms. The highest BCUT2D eigenvalue weighted by Crippen LogP contribution is 2.23. The van der Waals surface area contributed by atoms with Gasteiger partial charge in [0.05, 0.1) is 4.92 Å². The molecule has 0 bridgehead atoms. The van der Waals surface area contributed by atoms with E-state index in [-0.39, 0.29) is 16.7 Å². The third kappa shape index (κ3) is 3.42. The summed E-state index contributed by atoms with van der Waals surface area (Å²) in [4.78, 5) is 10.6. The molecule has 0 heterocycles. The summed E-state index contributed by atoms with van der Waals surface area (Å²) in [5.41, 5.74) is 2.99. The Kier molecular flexibility index (Phi) is 4.48. The molecule has 1 atom stereocenters. The quantitative estimate of drug-likeness (QED) is 0.665. The molecule has 2 aromatic carbocycles. The SMILES string of the molecule is Cc1ccc([C@@H](C)NCc2ccccc2)cc1[N+](=O)[O-]. The molecule has 0 aliphatic heterocycles. The lowest BCUT2D eigenvalue weighted by Gasteiger charge is -2.14. The Morgan fingerprint density at radius 3 is 2.55 bits per heavy atom. The number of hydrogen-bond acceptors (Lipinski definition) is 3. The van der Waals surface area contributed by atoms with E-state index in [0.717, 1.165) is 12.1 Å². The van der Waals surface area contributed by atoms with E-state index >= 15 is 0 Å². The van der Waals surface area contributed by atoms with Crippen molar-refractivity contribution in [2.24, 2.45) is 0 Å². The lowest BCUT2D eigenvalue weighted by Crippen LogP contribution is -2.18. The van der Waals surface area contributed by atoms with Crippen LogP contribution in [0.3, 0.4) is 0 Å². The maximum atomic E-state index is 11.0. The molecule has 0 saturated carbocycles. The van der Waals surface area contributed by atoms with Gasteiger partial charge < -0.3 is 5.32 Å². The number of rotatable bonds is 5. The van der Waals surface area contributed by atoms with Crippen LogP contribution in [-0.4, -0.2) is 4.92 Å². The van der Waals surface area contributed by atoms with Gasteiger partial charge in [0.2, 0.25) is 0 Å². The van der Waals surface area contributed by atoms with Crippen LogP contribution in [0.5, 0.6) is 0 Å². The van der Waals surface area contributed by atoms with Crippen LogP contribution in [0.15, 0.2) is 48.5 Å². The van der Waals surface area contributed by atoms with Crippen LogP contribution < -0.4 is 5.32 Å². The summed E-state index contributed by atoms with van der Waals surface area (Å²) in [6, 6.07) is 15.5. The van der Waals surface area contributed by atoms with Gasteiger partial charge in [-0.2, -0.15) is 0 Å². The molecule has 0 unspecified atom stereocenters. The fourth-order valence-corrected chi connectivity index (χ4v) is 2.08. The fourth-order valence-electron chi connectivity index (χ4n) is 2.08. The lowest BCUT2D eigenvalue weighted by atomic mass is 10.0. The van der Waals surface area contributed by atoms with Gasteiger partial charge in [-0.1, -0.05) is 42.5 Å². The van der Waals surface area contributed by atoms with E-state index < -0.39 is 0 Å². The summed E-state index contributed by atoms with van der Waals surface area (Å²) in [7, 11) is 0. The van der Waals surface area contributed by atoms with Gasteiger partial charge in [-0.05, 0) is 25.0 Å². The summed E-state index contributed by atoms with van der Waals surface area (Å²) in [5, 5.41) is 14.3. The van der Waals surface area contributed by atoms with E-state index in [2.05, 4.69) is 17.4 Å². The van der Waals surface area contributed by atoms with Crippen LogP contribution in [0, 0.1) is 17.0 Å². The lowest BCUT2D eigenvalue weighted by molar-refractivity contribution is -0.385. The van der Waals surface area contributed by atoms with Crippen molar-refractivity contribution in [3.63, 3.8) is 0 Å². The average molecular weight is 270 g/mol. The Labute approximate surface area is 118 Å². The van der Waals surface area contributed by atoms with Crippen LogP contribution in [-0.2, 0) is 6.54 Å². The summed E-state index contributed by atoms with van der Waals surface area (Å²) in [6.07, 6.45) is 0. The highest BCUT2D eigenvalue weighted by molar-refractivity contribution is 5.43. The predicted octanol–water partition coefficient (Wildman–Crippen LogP) is 3.75. The smallest absolute Gasteiger partial charge is 0.272 e. The zero-order valence-electron chi connectivity index (χ0n) is 11.7. The van der Waals surface area contributed by atoms with E-state index in [9.17, 15) is 10.1 Å². The molecule has 0 saturated heterocycles. The minimum absolute atomic E-state index is 0.0644. The first kappa shape index (κ1) is 14.2. The zero-order valence-corrected chi connectivity index (χ0v) is 11.7. The van der Waals surface area contributed by atoms with Gasteiger partial charge in [0, 0.05) is 24.2 Å². The van der Waals surface area contributed by atoms with Crippen molar-refractivity contribution in [3.8, 4) is 0 Å². The molecule has 0 aliphatic carbocycles. The number of aryl methyl sites for hydroxylation is 1. The molecule has 0 aromatic heterocycles. The Morgan fingerprint density at radius 2 is 1.90 bits per heavy atom. The van der Waals surface area contributed by atoms with Gasteiger partial charge in [-0.25, -0.2) is 0 Å². The Morgan fingerprint density at radius 1 is 1.20 bits per heavy atom. The normalized spacial score (nSPS) is 12.1. The fraction of sp³-hybridized carbons (Fsp3) is 0.250. The first-order chi connectivity index (χ1) is 9.58. The summed E-state index contributed by atoms with van der Waals surface area (Å²) < 4.78 is 0. The van der Waals surface area contributed by atoms with Gasteiger partial charge in [-0.3, -0.25) is 10.1 Å². The number of nitro groups is 1. The van der Waals surface area contributed by atoms with Crippen molar-refractivity contribution in [3.05, 3.63) is 75.3 Å². The topological polar surface area (TPSA) is 55.2 Å². The van der Waals surface area contributed by atoms with Crippen molar-refractivity contribution in [1.82, 2.24) is 5.32 Å². The van der Waals surface area contributed by atoms with Gasteiger partial charge in [0.1, 0.15) is 0 Å². The number of benzene rings is 2. The van der Waals surface area contributed by atoms with Gasteiger partial charge in [0.25, 0.3) is 5.69 Å². The van der Waals surface area contributed by atoms with Gasteiger partial charge in [0.15, 0.2) is 0 Å². The van der Waals surface area contributed by atoms with Crippen LogP contribution in [0.25, 0.3) is 0 Å². The predicted molar refractivity (Wildman–Crippen MR) is 79.5 cm³/mol.